The number of aryl methyl sites for hydroxylation is 2. The van der Waals surface area contributed by atoms with Crippen molar-refractivity contribution in [3.05, 3.63) is 50.4 Å². The second-order valence-corrected chi connectivity index (χ2v) is 8.54. The number of hydrogen-bond acceptors (Lipinski definition) is 8. The minimum Gasteiger partial charge on any atom is -0.458 e. The summed E-state index contributed by atoms with van der Waals surface area (Å²) in [7, 11) is 2.98. The standard InChI is InChI=1S/C21H23N7O5S/c1-12(29)22-9-13-6-7-15(33-13)14-10-34-20(24-14)25-16(30)5-4-8-28-11-23-18-17(28)19(31)27(3)21(32)26(18)2/h6-7,10-11H,4-5,8-9H2,1-3H3,(H,22,29)(H,24,25,30). The quantitative estimate of drug-likeness (QED) is 0.381. The molecular formula is C21H23N7O5S. The lowest BCUT2D eigenvalue weighted by atomic mass is 10.3. The highest BCUT2D eigenvalue weighted by molar-refractivity contribution is 7.14. The van der Waals surface area contributed by atoms with Crippen molar-refractivity contribution < 1.29 is 14.0 Å². The molecule has 2 N–H and O–H groups in total. The number of anilines is 1. The zero-order valence-electron chi connectivity index (χ0n) is 18.8. The Kier molecular flexibility index (Phi) is 6.45. The number of fused-ring (bicyclic) bond motifs is 1. The maximum absolute atomic E-state index is 12.5. The van der Waals surface area contributed by atoms with Gasteiger partial charge in [0.25, 0.3) is 5.56 Å². The lowest BCUT2D eigenvalue weighted by molar-refractivity contribution is -0.119. The normalized spacial score (nSPS) is 11.1. The fourth-order valence-corrected chi connectivity index (χ4v) is 4.14. The third-order valence-electron chi connectivity index (χ3n) is 5.20. The van der Waals surface area contributed by atoms with Gasteiger partial charge in [-0.15, -0.1) is 11.3 Å². The molecule has 0 atom stereocenters. The minimum absolute atomic E-state index is 0.147. The molecular weight excluding hydrogens is 462 g/mol. The van der Waals surface area contributed by atoms with Gasteiger partial charge in [-0.1, -0.05) is 0 Å². The van der Waals surface area contributed by atoms with Gasteiger partial charge in [0, 0.05) is 39.4 Å². The molecule has 0 saturated carbocycles. The third-order valence-corrected chi connectivity index (χ3v) is 5.95. The second-order valence-electron chi connectivity index (χ2n) is 7.68. The number of carbonyl (C=O) groups excluding carboxylic acids is 2. The molecule has 0 radical (unpaired) electrons. The van der Waals surface area contributed by atoms with Gasteiger partial charge in [-0.2, -0.15) is 0 Å². The highest BCUT2D eigenvalue weighted by atomic mass is 32.1. The lowest BCUT2D eigenvalue weighted by Gasteiger charge is -2.06. The summed E-state index contributed by atoms with van der Waals surface area (Å²) in [6.07, 6.45) is 2.18. The Morgan fingerprint density at radius 2 is 1.97 bits per heavy atom. The van der Waals surface area contributed by atoms with E-state index in [9.17, 15) is 19.2 Å². The Balaban J connectivity index is 1.34. The van der Waals surface area contributed by atoms with Gasteiger partial charge in [0.2, 0.25) is 11.8 Å². The van der Waals surface area contributed by atoms with Crippen molar-refractivity contribution in [2.75, 3.05) is 5.32 Å². The lowest BCUT2D eigenvalue weighted by Crippen LogP contribution is -2.37. The predicted molar refractivity (Wildman–Crippen MR) is 125 cm³/mol. The Morgan fingerprint density at radius 3 is 2.74 bits per heavy atom. The summed E-state index contributed by atoms with van der Waals surface area (Å²) in [6.45, 7) is 2.11. The van der Waals surface area contributed by atoms with E-state index in [-0.39, 0.29) is 24.8 Å². The molecule has 0 aliphatic carbocycles. The molecule has 0 fully saturated rings. The Morgan fingerprint density at radius 1 is 1.18 bits per heavy atom. The average Bonchev–Trinajstić information content (AvgIpc) is 3.54. The zero-order chi connectivity index (χ0) is 24.4. The Labute approximate surface area is 196 Å². The number of furan rings is 1. The number of hydrogen-bond donors (Lipinski definition) is 2. The Bertz CT molecular complexity index is 1490. The molecule has 4 aromatic heterocycles. The number of nitrogens with one attached hydrogen (secondary N) is 2. The van der Waals surface area contributed by atoms with Crippen LogP contribution in [0.1, 0.15) is 25.5 Å². The van der Waals surface area contributed by atoms with E-state index >= 15 is 0 Å². The van der Waals surface area contributed by atoms with Crippen LogP contribution in [0.5, 0.6) is 0 Å². The van der Waals surface area contributed by atoms with E-state index < -0.39 is 11.2 Å². The van der Waals surface area contributed by atoms with Crippen LogP contribution in [0.15, 0.2) is 37.8 Å². The molecule has 0 aliphatic rings. The van der Waals surface area contributed by atoms with Crippen molar-refractivity contribution in [2.24, 2.45) is 14.1 Å². The highest BCUT2D eigenvalue weighted by Crippen LogP contribution is 2.26. The van der Waals surface area contributed by atoms with Gasteiger partial charge < -0.3 is 19.6 Å². The van der Waals surface area contributed by atoms with Crippen molar-refractivity contribution in [1.82, 2.24) is 29.0 Å². The van der Waals surface area contributed by atoms with Crippen LogP contribution in [0.2, 0.25) is 0 Å². The molecule has 0 aromatic carbocycles. The van der Waals surface area contributed by atoms with Gasteiger partial charge >= 0.3 is 5.69 Å². The van der Waals surface area contributed by atoms with E-state index in [1.807, 2.05) is 0 Å². The molecule has 0 unspecified atom stereocenters. The topological polar surface area (TPSA) is 146 Å². The van der Waals surface area contributed by atoms with Crippen LogP contribution in [0, 0.1) is 0 Å². The molecule has 0 bridgehead atoms. The van der Waals surface area contributed by atoms with Crippen molar-refractivity contribution in [2.45, 2.75) is 32.9 Å². The Hall–Kier alpha value is -4.00. The van der Waals surface area contributed by atoms with Gasteiger partial charge in [-0.05, 0) is 18.6 Å². The van der Waals surface area contributed by atoms with Crippen LogP contribution in [0.4, 0.5) is 5.13 Å². The summed E-state index contributed by atoms with van der Waals surface area (Å²) in [5, 5.41) is 7.64. The second kappa shape index (κ2) is 9.47. The number of nitrogens with zero attached hydrogens (tertiary/aromatic N) is 5. The largest absolute Gasteiger partial charge is 0.458 e. The molecule has 0 saturated heterocycles. The maximum Gasteiger partial charge on any atom is 0.332 e. The van der Waals surface area contributed by atoms with Crippen LogP contribution in [0.25, 0.3) is 22.6 Å². The van der Waals surface area contributed by atoms with E-state index in [0.29, 0.717) is 46.5 Å². The highest BCUT2D eigenvalue weighted by Gasteiger charge is 2.15. The third kappa shape index (κ3) is 4.69. The summed E-state index contributed by atoms with van der Waals surface area (Å²) in [6, 6.07) is 3.52. The fraction of sp³-hybridized carbons (Fsp3) is 0.333. The van der Waals surface area contributed by atoms with Gasteiger partial charge in [0.15, 0.2) is 22.1 Å². The van der Waals surface area contributed by atoms with Gasteiger partial charge in [-0.25, -0.2) is 14.8 Å². The van der Waals surface area contributed by atoms with E-state index in [1.165, 1.54) is 36.2 Å². The maximum atomic E-state index is 12.5. The van der Waals surface area contributed by atoms with Crippen molar-refractivity contribution in [1.29, 1.82) is 0 Å². The summed E-state index contributed by atoms with van der Waals surface area (Å²) in [4.78, 5) is 56.5. The number of carbonyl (C=O) groups is 2. The first-order valence-electron chi connectivity index (χ1n) is 10.4. The van der Waals surface area contributed by atoms with E-state index in [2.05, 4.69) is 20.6 Å². The van der Waals surface area contributed by atoms with E-state index in [0.717, 1.165) is 4.57 Å². The van der Waals surface area contributed by atoms with Crippen LogP contribution < -0.4 is 21.9 Å². The molecule has 12 nitrogen and oxygen atoms in total. The number of amides is 2. The molecule has 2 amide bonds. The number of thiazole rings is 1. The van der Waals surface area contributed by atoms with Crippen molar-refractivity contribution in [3.63, 3.8) is 0 Å². The number of rotatable bonds is 8. The molecule has 0 spiro atoms. The predicted octanol–water partition coefficient (Wildman–Crippen LogP) is 1.21. The van der Waals surface area contributed by atoms with Gasteiger partial charge in [-0.3, -0.25) is 23.5 Å². The monoisotopic (exact) mass is 485 g/mol. The first kappa shape index (κ1) is 23.2. The van der Waals surface area contributed by atoms with Crippen LogP contribution in [0.3, 0.4) is 0 Å². The first-order chi connectivity index (χ1) is 16.2. The van der Waals surface area contributed by atoms with Gasteiger partial charge in [0.05, 0.1) is 12.9 Å². The number of aromatic nitrogens is 5. The SMILES string of the molecule is CC(=O)NCc1ccc(-c2csc(NC(=O)CCCn3cnc4c3c(=O)n(C)c(=O)n4C)n2)o1. The summed E-state index contributed by atoms with van der Waals surface area (Å²) < 4.78 is 9.69. The summed E-state index contributed by atoms with van der Waals surface area (Å²) in [5.41, 5.74) is 0.356. The molecule has 178 valence electrons. The summed E-state index contributed by atoms with van der Waals surface area (Å²) >= 11 is 1.28. The summed E-state index contributed by atoms with van der Waals surface area (Å²) in [5.74, 6) is 0.785. The van der Waals surface area contributed by atoms with Gasteiger partial charge in [0.1, 0.15) is 11.5 Å². The van der Waals surface area contributed by atoms with Crippen molar-refractivity contribution >= 4 is 39.4 Å². The smallest absolute Gasteiger partial charge is 0.332 e. The number of imidazole rings is 1. The van der Waals surface area contributed by atoms with Crippen LogP contribution in [-0.2, 0) is 36.8 Å². The van der Waals surface area contributed by atoms with E-state index in [4.69, 9.17) is 4.42 Å². The van der Waals surface area contributed by atoms with Crippen LogP contribution in [-0.4, -0.2) is 35.5 Å². The first-order valence-corrected chi connectivity index (χ1v) is 11.3. The van der Waals surface area contributed by atoms with Crippen molar-refractivity contribution in [3.8, 4) is 11.5 Å². The fourth-order valence-electron chi connectivity index (χ4n) is 3.42. The molecule has 4 heterocycles. The minimum atomic E-state index is -0.441. The molecule has 4 rings (SSSR count). The van der Waals surface area contributed by atoms with E-state index in [1.54, 1.807) is 29.1 Å². The zero-order valence-corrected chi connectivity index (χ0v) is 19.6. The van der Waals surface area contributed by atoms with Crippen LogP contribution >= 0.6 is 11.3 Å². The molecule has 4 aromatic rings. The molecule has 13 heteroatoms. The average molecular weight is 486 g/mol. The molecule has 0 aliphatic heterocycles. The molecule has 34 heavy (non-hydrogen) atoms.